The Labute approximate surface area is 171 Å². The third-order valence-corrected chi connectivity index (χ3v) is 7.20. The average Bonchev–Trinajstić information content (AvgIpc) is 2.71. The van der Waals surface area contributed by atoms with Crippen LogP contribution in [0.3, 0.4) is 0 Å². The Hall–Kier alpha value is -2.19. The van der Waals surface area contributed by atoms with Crippen LogP contribution < -0.4 is 9.80 Å². The molecule has 29 heavy (non-hydrogen) atoms. The molecule has 1 aliphatic rings. The molecule has 0 radical (unpaired) electrons. The van der Waals surface area contributed by atoms with E-state index in [0.717, 1.165) is 50.1 Å². The molecule has 5 nitrogen and oxygen atoms in total. The van der Waals surface area contributed by atoms with Crippen molar-refractivity contribution in [3.05, 3.63) is 48.0 Å². The van der Waals surface area contributed by atoms with Crippen LogP contribution in [-0.4, -0.2) is 59.6 Å². The number of piperazine rings is 1. The summed E-state index contributed by atoms with van der Waals surface area (Å²) in [4.78, 5) is 6.30. The minimum Gasteiger partial charge on any atom is -0.371 e. The predicted molar refractivity (Wildman–Crippen MR) is 112 cm³/mol. The second kappa shape index (κ2) is 8.67. The molecule has 1 fully saturated rings. The molecule has 0 unspecified atom stereocenters. The standard InChI is InChI=1S/C21H27F2N3O2S/c1-4-25(5-2)20-14-16(26-12-10-24(3)11-13-26)6-9-21(20)29(27,28)17-7-8-18(22)19(23)15-17/h6-9,14-15H,4-5,10-13H2,1-3H3. The van der Waals surface area contributed by atoms with Gasteiger partial charge in [0.15, 0.2) is 11.6 Å². The summed E-state index contributed by atoms with van der Waals surface area (Å²) >= 11 is 0. The summed E-state index contributed by atoms with van der Waals surface area (Å²) in [6.45, 7) is 8.78. The van der Waals surface area contributed by atoms with Crippen LogP contribution in [-0.2, 0) is 9.84 Å². The van der Waals surface area contributed by atoms with Gasteiger partial charge in [-0.1, -0.05) is 0 Å². The van der Waals surface area contributed by atoms with E-state index >= 15 is 0 Å². The minimum absolute atomic E-state index is 0.102. The summed E-state index contributed by atoms with van der Waals surface area (Å²) in [5, 5.41) is 0. The Morgan fingerprint density at radius 3 is 2.17 bits per heavy atom. The van der Waals surface area contributed by atoms with Crippen molar-refractivity contribution in [2.75, 3.05) is 56.1 Å². The Kier molecular flexibility index (Phi) is 6.43. The number of halogens is 2. The molecule has 0 amide bonds. The van der Waals surface area contributed by atoms with Gasteiger partial charge in [-0.3, -0.25) is 0 Å². The third-order valence-electron chi connectivity index (χ3n) is 5.41. The molecule has 1 aliphatic heterocycles. The van der Waals surface area contributed by atoms with E-state index in [2.05, 4.69) is 16.8 Å². The van der Waals surface area contributed by atoms with Crippen molar-refractivity contribution in [3.63, 3.8) is 0 Å². The highest BCUT2D eigenvalue weighted by Crippen LogP contribution is 2.34. The summed E-state index contributed by atoms with van der Waals surface area (Å²) in [6.07, 6.45) is 0. The molecule has 0 aliphatic carbocycles. The average molecular weight is 424 g/mol. The van der Waals surface area contributed by atoms with Gasteiger partial charge in [0.2, 0.25) is 9.84 Å². The van der Waals surface area contributed by atoms with Gasteiger partial charge < -0.3 is 14.7 Å². The van der Waals surface area contributed by atoms with Crippen molar-refractivity contribution in [2.45, 2.75) is 23.6 Å². The molecular weight excluding hydrogens is 396 g/mol. The summed E-state index contributed by atoms with van der Waals surface area (Å²) in [5.74, 6) is -2.25. The van der Waals surface area contributed by atoms with E-state index in [0.29, 0.717) is 18.8 Å². The van der Waals surface area contributed by atoms with Crippen LogP contribution in [0.5, 0.6) is 0 Å². The lowest BCUT2D eigenvalue weighted by Crippen LogP contribution is -2.44. The Morgan fingerprint density at radius 1 is 0.931 bits per heavy atom. The molecule has 0 N–H and O–H groups in total. The van der Waals surface area contributed by atoms with E-state index in [-0.39, 0.29) is 9.79 Å². The zero-order valence-corrected chi connectivity index (χ0v) is 17.8. The van der Waals surface area contributed by atoms with E-state index in [1.807, 2.05) is 24.8 Å². The van der Waals surface area contributed by atoms with Crippen LogP contribution in [0.4, 0.5) is 20.2 Å². The van der Waals surface area contributed by atoms with Crippen molar-refractivity contribution in [1.29, 1.82) is 0 Å². The normalized spacial score (nSPS) is 15.6. The van der Waals surface area contributed by atoms with Gasteiger partial charge in [-0.15, -0.1) is 0 Å². The summed E-state index contributed by atoms with van der Waals surface area (Å²) in [6, 6.07) is 7.96. The molecule has 1 heterocycles. The summed E-state index contributed by atoms with van der Waals surface area (Å²) in [5.41, 5.74) is 1.54. The Balaban J connectivity index is 2.08. The lowest BCUT2D eigenvalue weighted by atomic mass is 10.2. The fourth-order valence-electron chi connectivity index (χ4n) is 3.58. The van der Waals surface area contributed by atoms with Gasteiger partial charge in [-0.2, -0.15) is 0 Å². The first-order chi connectivity index (χ1) is 13.8. The summed E-state index contributed by atoms with van der Waals surface area (Å²) in [7, 11) is -1.93. The van der Waals surface area contributed by atoms with E-state index in [1.165, 1.54) is 0 Å². The van der Waals surface area contributed by atoms with Crippen molar-refractivity contribution in [1.82, 2.24) is 4.90 Å². The molecular formula is C21H27F2N3O2S. The lowest BCUT2D eigenvalue weighted by molar-refractivity contribution is 0.313. The first-order valence-electron chi connectivity index (χ1n) is 9.80. The van der Waals surface area contributed by atoms with Crippen LogP contribution in [0.1, 0.15) is 13.8 Å². The van der Waals surface area contributed by atoms with Crippen LogP contribution in [0.15, 0.2) is 46.2 Å². The number of rotatable bonds is 6. The number of benzene rings is 2. The van der Waals surface area contributed by atoms with E-state index in [9.17, 15) is 17.2 Å². The van der Waals surface area contributed by atoms with Gasteiger partial charge in [-0.25, -0.2) is 17.2 Å². The predicted octanol–water partition coefficient (Wildman–Crippen LogP) is 3.40. The molecule has 2 aromatic carbocycles. The molecule has 3 rings (SSSR count). The number of anilines is 2. The van der Waals surface area contributed by atoms with Gasteiger partial charge in [0.25, 0.3) is 0 Å². The lowest BCUT2D eigenvalue weighted by Gasteiger charge is -2.35. The first-order valence-corrected chi connectivity index (χ1v) is 11.3. The highest BCUT2D eigenvalue weighted by Gasteiger charge is 2.26. The van der Waals surface area contributed by atoms with Crippen molar-refractivity contribution in [2.24, 2.45) is 0 Å². The van der Waals surface area contributed by atoms with Crippen LogP contribution >= 0.6 is 0 Å². The smallest absolute Gasteiger partial charge is 0.208 e. The molecule has 8 heteroatoms. The van der Waals surface area contributed by atoms with Gasteiger partial charge >= 0.3 is 0 Å². The number of hydrogen-bond donors (Lipinski definition) is 0. The largest absolute Gasteiger partial charge is 0.371 e. The quantitative estimate of drug-likeness (QED) is 0.667. The third kappa shape index (κ3) is 4.38. The van der Waals surface area contributed by atoms with Crippen LogP contribution in [0.25, 0.3) is 0 Å². The van der Waals surface area contributed by atoms with Crippen molar-refractivity contribution >= 4 is 21.2 Å². The summed E-state index contributed by atoms with van der Waals surface area (Å²) < 4.78 is 53.5. The Bertz CT molecular complexity index is 970. The second-order valence-electron chi connectivity index (χ2n) is 7.19. The van der Waals surface area contributed by atoms with Crippen molar-refractivity contribution in [3.8, 4) is 0 Å². The van der Waals surface area contributed by atoms with E-state index in [4.69, 9.17) is 0 Å². The molecule has 0 atom stereocenters. The number of likely N-dealkylation sites (N-methyl/N-ethyl adjacent to an activating group) is 1. The topological polar surface area (TPSA) is 43.9 Å². The maximum absolute atomic E-state index is 13.7. The molecule has 158 valence electrons. The fourth-order valence-corrected chi connectivity index (χ4v) is 5.05. The molecule has 0 bridgehead atoms. The Morgan fingerprint density at radius 2 is 1.59 bits per heavy atom. The zero-order chi connectivity index (χ0) is 21.2. The van der Waals surface area contributed by atoms with Crippen molar-refractivity contribution < 1.29 is 17.2 Å². The van der Waals surface area contributed by atoms with Crippen LogP contribution in [0.2, 0.25) is 0 Å². The van der Waals surface area contributed by atoms with Gasteiger partial charge in [0.1, 0.15) is 0 Å². The molecule has 1 saturated heterocycles. The molecule has 0 aromatic heterocycles. The van der Waals surface area contributed by atoms with E-state index < -0.39 is 21.5 Å². The SMILES string of the molecule is CCN(CC)c1cc(N2CCN(C)CC2)ccc1S(=O)(=O)c1ccc(F)c(F)c1. The molecule has 2 aromatic rings. The first kappa shape index (κ1) is 21.5. The monoisotopic (exact) mass is 423 g/mol. The highest BCUT2D eigenvalue weighted by atomic mass is 32.2. The highest BCUT2D eigenvalue weighted by molar-refractivity contribution is 7.91. The number of nitrogens with zero attached hydrogens (tertiary/aromatic N) is 3. The van der Waals surface area contributed by atoms with Gasteiger partial charge in [0.05, 0.1) is 15.5 Å². The second-order valence-corrected chi connectivity index (χ2v) is 9.11. The minimum atomic E-state index is -4.01. The maximum atomic E-state index is 13.7. The van der Waals surface area contributed by atoms with Gasteiger partial charge in [0, 0.05) is 45.0 Å². The van der Waals surface area contributed by atoms with Crippen LogP contribution in [0, 0.1) is 11.6 Å². The van der Waals surface area contributed by atoms with Gasteiger partial charge in [-0.05, 0) is 57.3 Å². The molecule has 0 saturated carbocycles. The number of sulfone groups is 1. The van der Waals surface area contributed by atoms with E-state index in [1.54, 1.807) is 12.1 Å². The number of hydrogen-bond acceptors (Lipinski definition) is 5. The molecule has 0 spiro atoms. The maximum Gasteiger partial charge on any atom is 0.208 e. The zero-order valence-electron chi connectivity index (χ0n) is 17.0. The fraction of sp³-hybridized carbons (Fsp3) is 0.429.